The van der Waals surface area contributed by atoms with Gasteiger partial charge in [0.25, 0.3) is 0 Å². The maximum Gasteiger partial charge on any atom is 0.326 e. The maximum absolute atomic E-state index is 13.1. The number of aromatic amines is 1. The average molecular weight is 451 g/mol. The lowest BCUT2D eigenvalue weighted by Crippen LogP contribution is -2.40. The molecule has 1 fully saturated rings. The highest BCUT2D eigenvalue weighted by molar-refractivity contribution is 5.85. The second-order valence-corrected chi connectivity index (χ2v) is 8.60. The summed E-state index contributed by atoms with van der Waals surface area (Å²) < 4.78 is 14.5. The van der Waals surface area contributed by atoms with E-state index in [1.807, 2.05) is 16.8 Å². The van der Waals surface area contributed by atoms with Crippen molar-refractivity contribution in [1.82, 2.24) is 29.0 Å². The van der Waals surface area contributed by atoms with Crippen LogP contribution >= 0.6 is 0 Å². The quantitative estimate of drug-likeness (QED) is 0.466. The van der Waals surface area contributed by atoms with E-state index >= 15 is 0 Å². The summed E-state index contributed by atoms with van der Waals surface area (Å²) in [5, 5.41) is 4.29. The molecule has 1 N–H and O–H groups in total. The third-order valence-corrected chi connectivity index (χ3v) is 6.65. The molecule has 0 radical (unpaired) electrons. The molecule has 3 aromatic heterocycles. The molecule has 4 heterocycles. The lowest BCUT2D eigenvalue weighted by atomic mass is 9.97. The molecular weight excluding hydrogens is 420 g/mol. The van der Waals surface area contributed by atoms with Crippen LogP contribution < -0.4 is 10.4 Å². The number of rotatable bonds is 7. The number of hydrogen-bond acceptors (Lipinski definition) is 6. The number of ether oxygens (including phenoxy) is 2. The first-order valence-corrected chi connectivity index (χ1v) is 11.5. The van der Waals surface area contributed by atoms with Gasteiger partial charge in [-0.2, -0.15) is 5.10 Å². The summed E-state index contributed by atoms with van der Waals surface area (Å²) in [6, 6.07) is 6.37. The molecular formula is C24H30N6O3. The molecule has 4 aromatic rings. The molecule has 33 heavy (non-hydrogen) atoms. The molecule has 0 bridgehead atoms. The van der Waals surface area contributed by atoms with E-state index in [1.165, 1.54) is 11.9 Å². The standard InChI is InChI=1S/C24H30N6O3/c1-4-16-10-21-20(12-19(16)17-11-22(33-3)23-25-15-26-29(23)13-17)27-24(31)30(21)18-6-5-7-28(14-18)8-9-32-2/h10-13,15,18H,4-9,14H2,1-3H3,(H,27,31)/t18-/m1/s1. The Hall–Kier alpha value is -3.17. The van der Waals surface area contributed by atoms with E-state index in [0.717, 1.165) is 61.1 Å². The number of imidazole rings is 1. The molecule has 1 aliphatic rings. The molecule has 0 unspecified atom stereocenters. The van der Waals surface area contributed by atoms with Crippen molar-refractivity contribution < 1.29 is 9.47 Å². The Kier molecular flexibility index (Phi) is 5.90. The number of nitrogens with zero attached hydrogens (tertiary/aromatic N) is 5. The predicted molar refractivity (Wildman–Crippen MR) is 127 cm³/mol. The molecule has 5 rings (SSSR count). The Balaban J connectivity index is 1.58. The molecule has 1 atom stereocenters. The zero-order valence-corrected chi connectivity index (χ0v) is 19.4. The summed E-state index contributed by atoms with van der Waals surface area (Å²) >= 11 is 0. The first-order valence-electron chi connectivity index (χ1n) is 11.5. The van der Waals surface area contributed by atoms with Gasteiger partial charge in [-0.3, -0.25) is 9.47 Å². The van der Waals surface area contributed by atoms with Crippen molar-refractivity contribution in [3.05, 3.63) is 46.8 Å². The topological polar surface area (TPSA) is 89.7 Å². The molecule has 9 nitrogen and oxygen atoms in total. The molecule has 1 saturated heterocycles. The maximum atomic E-state index is 13.1. The number of benzene rings is 1. The number of aromatic nitrogens is 5. The Morgan fingerprint density at radius 2 is 2.12 bits per heavy atom. The van der Waals surface area contributed by atoms with Crippen molar-refractivity contribution >= 4 is 16.7 Å². The summed E-state index contributed by atoms with van der Waals surface area (Å²) in [5.41, 5.74) is 5.64. The second-order valence-electron chi connectivity index (χ2n) is 8.60. The van der Waals surface area contributed by atoms with Gasteiger partial charge in [0.1, 0.15) is 6.33 Å². The molecule has 1 aromatic carbocycles. The van der Waals surface area contributed by atoms with Crippen LogP contribution in [-0.4, -0.2) is 69.5 Å². The number of fused-ring (bicyclic) bond motifs is 2. The van der Waals surface area contributed by atoms with Gasteiger partial charge in [-0.15, -0.1) is 0 Å². The van der Waals surface area contributed by atoms with Gasteiger partial charge in [0.2, 0.25) is 0 Å². The number of piperidine rings is 1. The van der Waals surface area contributed by atoms with Crippen molar-refractivity contribution in [3.8, 4) is 16.9 Å². The highest BCUT2D eigenvalue weighted by Gasteiger charge is 2.25. The summed E-state index contributed by atoms with van der Waals surface area (Å²) in [5.74, 6) is 0.663. The lowest BCUT2D eigenvalue weighted by molar-refractivity contribution is 0.117. The minimum absolute atomic E-state index is 0.0490. The van der Waals surface area contributed by atoms with Gasteiger partial charge in [0, 0.05) is 32.0 Å². The normalized spacial score (nSPS) is 17.2. The zero-order valence-electron chi connectivity index (χ0n) is 19.4. The Labute approximate surface area is 191 Å². The van der Waals surface area contributed by atoms with Crippen molar-refractivity contribution in [1.29, 1.82) is 0 Å². The molecule has 0 saturated carbocycles. The molecule has 0 aliphatic carbocycles. The third-order valence-electron chi connectivity index (χ3n) is 6.65. The highest BCUT2D eigenvalue weighted by Crippen LogP contribution is 2.33. The van der Waals surface area contributed by atoms with E-state index in [2.05, 4.69) is 39.0 Å². The average Bonchev–Trinajstić information content (AvgIpc) is 3.44. The van der Waals surface area contributed by atoms with Gasteiger partial charge in [-0.05, 0) is 55.1 Å². The molecule has 9 heteroatoms. The van der Waals surface area contributed by atoms with Crippen molar-refractivity contribution in [3.63, 3.8) is 0 Å². The fraction of sp³-hybridized carbons (Fsp3) is 0.458. The molecule has 0 amide bonds. The van der Waals surface area contributed by atoms with Crippen LogP contribution in [0.4, 0.5) is 0 Å². The van der Waals surface area contributed by atoms with Gasteiger partial charge in [-0.25, -0.2) is 14.3 Å². The van der Waals surface area contributed by atoms with Crippen LogP contribution in [0, 0.1) is 0 Å². The van der Waals surface area contributed by atoms with Crippen LogP contribution in [-0.2, 0) is 11.2 Å². The number of likely N-dealkylation sites (tertiary alicyclic amines) is 1. The largest absolute Gasteiger partial charge is 0.493 e. The minimum Gasteiger partial charge on any atom is -0.493 e. The van der Waals surface area contributed by atoms with E-state index in [-0.39, 0.29) is 11.7 Å². The van der Waals surface area contributed by atoms with Gasteiger partial charge < -0.3 is 14.5 Å². The van der Waals surface area contributed by atoms with Crippen LogP contribution in [0.15, 0.2) is 35.5 Å². The highest BCUT2D eigenvalue weighted by atomic mass is 16.5. The fourth-order valence-corrected chi connectivity index (χ4v) is 5.00. The monoisotopic (exact) mass is 450 g/mol. The predicted octanol–water partition coefficient (Wildman–Crippen LogP) is 2.89. The Bertz CT molecular complexity index is 1340. The van der Waals surface area contributed by atoms with Gasteiger partial charge in [0.15, 0.2) is 11.4 Å². The summed E-state index contributed by atoms with van der Waals surface area (Å²) in [6.07, 6.45) is 6.38. The Morgan fingerprint density at radius 3 is 2.91 bits per heavy atom. The van der Waals surface area contributed by atoms with Gasteiger partial charge in [-0.1, -0.05) is 6.92 Å². The minimum atomic E-state index is -0.0490. The van der Waals surface area contributed by atoms with E-state index in [0.29, 0.717) is 18.0 Å². The van der Waals surface area contributed by atoms with Crippen molar-refractivity contribution in [2.45, 2.75) is 32.2 Å². The molecule has 1 aliphatic heterocycles. The van der Waals surface area contributed by atoms with Gasteiger partial charge in [0.05, 0.1) is 30.8 Å². The number of hydrogen-bond donors (Lipinski definition) is 1. The smallest absolute Gasteiger partial charge is 0.326 e. The number of pyridine rings is 1. The van der Waals surface area contributed by atoms with Crippen LogP contribution in [0.3, 0.4) is 0 Å². The number of methoxy groups -OCH3 is 2. The number of H-pyrrole nitrogens is 1. The van der Waals surface area contributed by atoms with E-state index in [4.69, 9.17) is 9.47 Å². The molecule has 174 valence electrons. The lowest BCUT2D eigenvalue weighted by Gasteiger charge is -2.33. The third kappa shape index (κ3) is 3.91. The van der Waals surface area contributed by atoms with E-state index < -0.39 is 0 Å². The van der Waals surface area contributed by atoms with Crippen molar-refractivity contribution in [2.24, 2.45) is 0 Å². The van der Waals surface area contributed by atoms with Crippen LogP contribution in [0.2, 0.25) is 0 Å². The second kappa shape index (κ2) is 8.99. The summed E-state index contributed by atoms with van der Waals surface area (Å²) in [4.78, 5) is 22.8. The van der Waals surface area contributed by atoms with Crippen molar-refractivity contribution in [2.75, 3.05) is 40.5 Å². The Morgan fingerprint density at radius 1 is 1.24 bits per heavy atom. The first kappa shape index (κ1) is 21.7. The van der Waals surface area contributed by atoms with Crippen LogP contribution in [0.25, 0.3) is 27.8 Å². The zero-order chi connectivity index (χ0) is 22.9. The summed E-state index contributed by atoms with van der Waals surface area (Å²) in [6.45, 7) is 5.64. The van der Waals surface area contributed by atoms with E-state index in [1.54, 1.807) is 18.7 Å². The number of aryl methyl sites for hydroxylation is 1. The van der Waals surface area contributed by atoms with Gasteiger partial charge >= 0.3 is 5.69 Å². The van der Waals surface area contributed by atoms with Crippen LogP contribution in [0.5, 0.6) is 5.75 Å². The molecule has 0 spiro atoms. The van der Waals surface area contributed by atoms with Crippen LogP contribution in [0.1, 0.15) is 31.4 Å². The fourth-order valence-electron chi connectivity index (χ4n) is 5.00. The van der Waals surface area contributed by atoms with E-state index in [9.17, 15) is 4.79 Å². The number of nitrogens with one attached hydrogen (secondary N) is 1. The summed E-state index contributed by atoms with van der Waals surface area (Å²) in [7, 11) is 3.36. The SMILES string of the molecule is CCc1cc2c(cc1-c1cc(OC)c3ncnn3c1)[nH]c(=O)n2[C@@H]1CCCN(CCOC)C1. The first-order chi connectivity index (χ1) is 16.1.